The Kier molecular flexibility index (Phi) is 5.15. The number of aromatic nitrogens is 1. The molecule has 0 unspecified atom stereocenters. The van der Waals surface area contributed by atoms with E-state index in [0.29, 0.717) is 12.7 Å². The van der Waals surface area contributed by atoms with Crippen molar-refractivity contribution in [1.82, 2.24) is 9.88 Å². The summed E-state index contributed by atoms with van der Waals surface area (Å²) in [6, 6.07) is 9.95. The van der Waals surface area contributed by atoms with Gasteiger partial charge < -0.3 is 13.9 Å². The van der Waals surface area contributed by atoms with Crippen LogP contribution in [0.5, 0.6) is 0 Å². The van der Waals surface area contributed by atoms with Crippen molar-refractivity contribution >= 4 is 0 Å². The van der Waals surface area contributed by atoms with E-state index in [1.54, 1.807) is 6.26 Å². The van der Waals surface area contributed by atoms with E-state index >= 15 is 0 Å². The fourth-order valence-electron chi connectivity index (χ4n) is 4.19. The maximum atomic E-state index is 6.13. The van der Waals surface area contributed by atoms with Gasteiger partial charge in [-0.25, -0.2) is 0 Å². The standard InChI is InChI=1S/C20H26N2O3/c1-2-9-21-17(5-1)14-23-16-20-8-4-12-25-19(20)7-10-22(15-20)13-18-6-3-11-24-18/h1-3,5-6,9,11,19H,4,7-8,10,12-16H2/t19-,20-/m1/s1. The highest BCUT2D eigenvalue weighted by molar-refractivity contribution is 5.03. The molecule has 0 aromatic carbocycles. The van der Waals surface area contributed by atoms with Gasteiger partial charge in [0, 0.05) is 31.3 Å². The molecule has 5 nitrogen and oxygen atoms in total. The number of ether oxygens (including phenoxy) is 2. The number of furan rings is 1. The van der Waals surface area contributed by atoms with Gasteiger partial charge in [0.05, 0.1) is 37.8 Å². The molecule has 2 aromatic heterocycles. The molecular weight excluding hydrogens is 316 g/mol. The molecule has 0 saturated carbocycles. The predicted molar refractivity (Wildman–Crippen MR) is 93.9 cm³/mol. The molecule has 2 atom stereocenters. The molecule has 2 aliphatic heterocycles. The minimum absolute atomic E-state index is 0.0812. The lowest BCUT2D eigenvalue weighted by atomic mass is 9.73. The van der Waals surface area contributed by atoms with Crippen LogP contribution in [0.4, 0.5) is 0 Å². The lowest BCUT2D eigenvalue weighted by Crippen LogP contribution is -2.56. The minimum Gasteiger partial charge on any atom is -0.468 e. The first-order valence-corrected chi connectivity index (χ1v) is 9.18. The Bertz CT molecular complexity index is 646. The fourth-order valence-corrected chi connectivity index (χ4v) is 4.19. The lowest BCUT2D eigenvalue weighted by molar-refractivity contribution is -0.156. The molecule has 2 saturated heterocycles. The van der Waals surface area contributed by atoms with Crippen LogP contribution < -0.4 is 0 Å². The number of rotatable bonds is 6. The van der Waals surface area contributed by atoms with E-state index in [9.17, 15) is 0 Å². The molecule has 0 aliphatic carbocycles. The summed E-state index contributed by atoms with van der Waals surface area (Å²) in [4.78, 5) is 6.83. The van der Waals surface area contributed by atoms with Crippen LogP contribution >= 0.6 is 0 Å². The second-order valence-electron chi connectivity index (χ2n) is 7.22. The van der Waals surface area contributed by atoms with Crippen molar-refractivity contribution in [2.75, 3.05) is 26.3 Å². The lowest BCUT2D eigenvalue weighted by Gasteiger charge is -2.50. The van der Waals surface area contributed by atoms with Crippen LogP contribution in [0.3, 0.4) is 0 Å². The number of piperidine rings is 1. The van der Waals surface area contributed by atoms with Gasteiger partial charge in [0.2, 0.25) is 0 Å². The third-order valence-electron chi connectivity index (χ3n) is 5.39. The topological polar surface area (TPSA) is 47.7 Å². The zero-order chi connectivity index (χ0) is 17.0. The molecular formula is C20H26N2O3. The second-order valence-corrected chi connectivity index (χ2v) is 7.22. The molecule has 0 amide bonds. The van der Waals surface area contributed by atoms with Crippen molar-refractivity contribution in [3.63, 3.8) is 0 Å². The average Bonchev–Trinajstić information content (AvgIpc) is 3.15. The van der Waals surface area contributed by atoms with Gasteiger partial charge in [0.25, 0.3) is 0 Å². The Morgan fingerprint density at radius 1 is 1.28 bits per heavy atom. The maximum Gasteiger partial charge on any atom is 0.117 e. The molecule has 4 rings (SSSR count). The molecule has 25 heavy (non-hydrogen) atoms. The summed E-state index contributed by atoms with van der Waals surface area (Å²) in [5, 5.41) is 0. The van der Waals surface area contributed by atoms with Gasteiger partial charge in [0.1, 0.15) is 5.76 Å². The zero-order valence-electron chi connectivity index (χ0n) is 14.6. The first-order chi connectivity index (χ1) is 12.3. The molecule has 2 aromatic rings. The summed E-state index contributed by atoms with van der Waals surface area (Å²) < 4.78 is 17.8. The van der Waals surface area contributed by atoms with Crippen LogP contribution in [0, 0.1) is 5.41 Å². The van der Waals surface area contributed by atoms with Gasteiger partial charge >= 0.3 is 0 Å². The highest BCUT2D eigenvalue weighted by atomic mass is 16.5. The zero-order valence-corrected chi connectivity index (χ0v) is 14.6. The van der Waals surface area contributed by atoms with Gasteiger partial charge in [-0.3, -0.25) is 9.88 Å². The number of fused-ring (bicyclic) bond motifs is 1. The van der Waals surface area contributed by atoms with Crippen LogP contribution in [0.25, 0.3) is 0 Å². The Morgan fingerprint density at radius 2 is 2.28 bits per heavy atom. The second kappa shape index (κ2) is 7.68. The van der Waals surface area contributed by atoms with Gasteiger partial charge in [-0.15, -0.1) is 0 Å². The largest absolute Gasteiger partial charge is 0.468 e. The van der Waals surface area contributed by atoms with E-state index in [-0.39, 0.29) is 5.41 Å². The molecule has 5 heteroatoms. The third kappa shape index (κ3) is 3.94. The van der Waals surface area contributed by atoms with Crippen molar-refractivity contribution in [2.24, 2.45) is 5.41 Å². The van der Waals surface area contributed by atoms with E-state index in [1.165, 1.54) is 0 Å². The van der Waals surface area contributed by atoms with Crippen LogP contribution in [0.2, 0.25) is 0 Å². The normalized spacial score (nSPS) is 27.1. The van der Waals surface area contributed by atoms with Gasteiger partial charge in [-0.05, 0) is 43.5 Å². The Morgan fingerprint density at radius 3 is 3.12 bits per heavy atom. The van der Waals surface area contributed by atoms with E-state index in [0.717, 1.165) is 63.6 Å². The van der Waals surface area contributed by atoms with Gasteiger partial charge in [-0.2, -0.15) is 0 Å². The molecule has 0 radical (unpaired) electrons. The summed E-state index contributed by atoms with van der Waals surface area (Å²) >= 11 is 0. The average molecular weight is 342 g/mol. The minimum atomic E-state index is 0.0812. The van der Waals surface area contributed by atoms with E-state index < -0.39 is 0 Å². The number of hydrogen-bond donors (Lipinski definition) is 0. The maximum absolute atomic E-state index is 6.13. The summed E-state index contributed by atoms with van der Waals surface area (Å²) in [7, 11) is 0. The number of likely N-dealkylation sites (tertiary alicyclic amines) is 1. The Balaban J connectivity index is 1.40. The predicted octanol–water partition coefficient (Wildman–Crippen LogP) is 3.26. The molecule has 4 heterocycles. The molecule has 134 valence electrons. The monoisotopic (exact) mass is 342 g/mol. The van der Waals surface area contributed by atoms with Gasteiger partial charge in [0.15, 0.2) is 0 Å². The summed E-state index contributed by atoms with van der Waals surface area (Å²) in [6.45, 7) is 5.08. The van der Waals surface area contributed by atoms with Crippen LogP contribution in [-0.2, 0) is 22.6 Å². The van der Waals surface area contributed by atoms with E-state index in [2.05, 4.69) is 9.88 Å². The first-order valence-electron chi connectivity index (χ1n) is 9.18. The van der Waals surface area contributed by atoms with Crippen LogP contribution in [0.15, 0.2) is 47.2 Å². The van der Waals surface area contributed by atoms with Crippen molar-refractivity contribution in [1.29, 1.82) is 0 Å². The van der Waals surface area contributed by atoms with Crippen molar-refractivity contribution in [3.8, 4) is 0 Å². The molecule has 0 bridgehead atoms. The first kappa shape index (κ1) is 16.8. The smallest absolute Gasteiger partial charge is 0.117 e. The number of hydrogen-bond acceptors (Lipinski definition) is 5. The van der Waals surface area contributed by atoms with E-state index in [1.807, 2.05) is 36.5 Å². The third-order valence-corrected chi connectivity index (χ3v) is 5.39. The number of pyridine rings is 1. The SMILES string of the molecule is c1ccc(COC[C@]23CCCO[C@@H]2CCN(Cc2ccco2)C3)nc1. The molecule has 0 spiro atoms. The van der Waals surface area contributed by atoms with E-state index in [4.69, 9.17) is 13.9 Å². The number of nitrogens with zero attached hydrogens (tertiary/aromatic N) is 2. The quantitative estimate of drug-likeness (QED) is 0.806. The van der Waals surface area contributed by atoms with Crippen LogP contribution in [-0.4, -0.2) is 42.3 Å². The molecule has 2 fully saturated rings. The Labute approximate surface area is 148 Å². The highest BCUT2D eigenvalue weighted by Gasteiger charge is 2.46. The summed E-state index contributed by atoms with van der Waals surface area (Å²) in [5.74, 6) is 1.03. The molecule has 0 N–H and O–H groups in total. The fraction of sp³-hybridized carbons (Fsp3) is 0.550. The van der Waals surface area contributed by atoms with Crippen molar-refractivity contribution < 1.29 is 13.9 Å². The molecule has 2 aliphatic rings. The summed E-state index contributed by atoms with van der Waals surface area (Å²) in [6.07, 6.45) is 7.20. The van der Waals surface area contributed by atoms with Crippen molar-refractivity contribution in [3.05, 3.63) is 54.2 Å². The highest BCUT2D eigenvalue weighted by Crippen LogP contribution is 2.41. The summed E-state index contributed by atoms with van der Waals surface area (Å²) in [5.41, 5.74) is 1.06. The Hall–Kier alpha value is -1.69. The van der Waals surface area contributed by atoms with Crippen LogP contribution in [0.1, 0.15) is 30.7 Å². The van der Waals surface area contributed by atoms with Gasteiger partial charge in [-0.1, -0.05) is 6.07 Å². The van der Waals surface area contributed by atoms with Crippen molar-refractivity contribution in [2.45, 2.75) is 38.5 Å².